The number of anilines is 1. The third-order valence-corrected chi connectivity index (χ3v) is 2.58. The van der Waals surface area contributed by atoms with Gasteiger partial charge in [0.05, 0.1) is 10.7 Å². The van der Waals surface area contributed by atoms with Crippen LogP contribution in [0.25, 0.3) is 0 Å². The number of halogens is 1. The van der Waals surface area contributed by atoms with Gasteiger partial charge in [-0.3, -0.25) is 0 Å². The summed E-state index contributed by atoms with van der Waals surface area (Å²) in [5.74, 6) is 0.657. The lowest BCUT2D eigenvalue weighted by Crippen LogP contribution is -2.27. The molecule has 0 amide bonds. The van der Waals surface area contributed by atoms with Gasteiger partial charge in [0.25, 0.3) is 0 Å². The van der Waals surface area contributed by atoms with E-state index in [0.717, 1.165) is 6.42 Å². The summed E-state index contributed by atoms with van der Waals surface area (Å²) in [6.07, 6.45) is 0.916. The Balaban J connectivity index is 2.92. The van der Waals surface area contributed by atoms with E-state index in [1.54, 1.807) is 6.07 Å². The van der Waals surface area contributed by atoms with Crippen LogP contribution in [-0.4, -0.2) is 5.60 Å². The Hall–Kier alpha value is -0.890. The molecule has 0 aliphatic rings. The number of nitrogen functional groups attached to an aromatic ring is 1. The molecule has 0 aliphatic heterocycles. The number of hydrogen-bond donors (Lipinski definition) is 1. The van der Waals surface area contributed by atoms with Gasteiger partial charge in [-0.1, -0.05) is 24.6 Å². The van der Waals surface area contributed by atoms with Crippen LogP contribution in [0.4, 0.5) is 5.69 Å². The minimum Gasteiger partial charge on any atom is -0.486 e. The SMILES string of the molecule is CCC(C)(C)Oc1cccc(Cl)c1N. The average molecular weight is 214 g/mol. The normalized spacial score (nSPS) is 11.4. The summed E-state index contributed by atoms with van der Waals surface area (Å²) in [5.41, 5.74) is 6.09. The van der Waals surface area contributed by atoms with E-state index in [-0.39, 0.29) is 5.60 Å². The third-order valence-electron chi connectivity index (χ3n) is 2.25. The maximum Gasteiger partial charge on any atom is 0.144 e. The number of rotatable bonds is 3. The zero-order valence-electron chi connectivity index (χ0n) is 8.80. The lowest BCUT2D eigenvalue weighted by atomic mass is 10.1. The molecule has 1 aromatic carbocycles. The van der Waals surface area contributed by atoms with Gasteiger partial charge in [-0.15, -0.1) is 0 Å². The Morgan fingerprint density at radius 3 is 2.64 bits per heavy atom. The van der Waals surface area contributed by atoms with Crippen molar-refractivity contribution in [2.45, 2.75) is 32.8 Å². The molecule has 0 unspecified atom stereocenters. The highest BCUT2D eigenvalue weighted by Gasteiger charge is 2.18. The second kappa shape index (κ2) is 4.09. The van der Waals surface area contributed by atoms with E-state index >= 15 is 0 Å². The molecule has 3 heteroatoms. The van der Waals surface area contributed by atoms with Crippen molar-refractivity contribution < 1.29 is 4.74 Å². The van der Waals surface area contributed by atoms with Gasteiger partial charge in [0.1, 0.15) is 11.4 Å². The lowest BCUT2D eigenvalue weighted by Gasteiger charge is -2.25. The standard InChI is InChI=1S/C11H16ClNO/c1-4-11(2,3)14-9-7-5-6-8(12)10(9)13/h5-7H,4,13H2,1-3H3. The van der Waals surface area contributed by atoms with Crippen LogP contribution in [0.5, 0.6) is 5.75 Å². The fraction of sp³-hybridized carbons (Fsp3) is 0.455. The fourth-order valence-electron chi connectivity index (χ4n) is 0.976. The molecule has 0 bridgehead atoms. The molecule has 1 aromatic rings. The van der Waals surface area contributed by atoms with Crippen molar-refractivity contribution in [2.75, 3.05) is 5.73 Å². The minimum absolute atomic E-state index is 0.210. The molecule has 2 N–H and O–H groups in total. The van der Waals surface area contributed by atoms with Gasteiger partial charge >= 0.3 is 0 Å². The van der Waals surface area contributed by atoms with E-state index in [1.807, 2.05) is 26.0 Å². The van der Waals surface area contributed by atoms with Crippen LogP contribution in [0.3, 0.4) is 0 Å². The highest BCUT2D eigenvalue weighted by Crippen LogP contribution is 2.32. The summed E-state index contributed by atoms with van der Waals surface area (Å²) in [5, 5.41) is 0.536. The van der Waals surface area contributed by atoms with E-state index < -0.39 is 0 Å². The van der Waals surface area contributed by atoms with Crippen molar-refractivity contribution in [1.82, 2.24) is 0 Å². The molecule has 2 nitrogen and oxygen atoms in total. The Bertz CT molecular complexity index is 323. The summed E-state index contributed by atoms with van der Waals surface area (Å²) >= 11 is 5.88. The lowest BCUT2D eigenvalue weighted by molar-refractivity contribution is 0.106. The molecular weight excluding hydrogens is 198 g/mol. The number of nitrogens with two attached hydrogens (primary N) is 1. The average Bonchev–Trinajstić information content (AvgIpc) is 2.13. The van der Waals surface area contributed by atoms with E-state index in [2.05, 4.69) is 6.92 Å². The van der Waals surface area contributed by atoms with Crippen LogP contribution >= 0.6 is 11.6 Å². The zero-order chi connectivity index (χ0) is 10.8. The summed E-state index contributed by atoms with van der Waals surface area (Å²) in [4.78, 5) is 0. The Kier molecular flexibility index (Phi) is 3.27. The second-order valence-corrected chi connectivity index (χ2v) is 4.27. The van der Waals surface area contributed by atoms with Crippen LogP contribution < -0.4 is 10.5 Å². The molecule has 0 spiro atoms. The fourth-order valence-corrected chi connectivity index (χ4v) is 1.14. The third kappa shape index (κ3) is 2.55. The molecule has 78 valence electrons. The number of benzene rings is 1. The van der Waals surface area contributed by atoms with Crippen molar-refractivity contribution in [3.63, 3.8) is 0 Å². The topological polar surface area (TPSA) is 35.2 Å². The predicted octanol–water partition coefficient (Wildman–Crippen LogP) is 3.49. The molecule has 0 aromatic heterocycles. The first-order chi connectivity index (χ1) is 6.46. The molecule has 0 heterocycles. The summed E-state index contributed by atoms with van der Waals surface area (Å²) in [7, 11) is 0. The number of ether oxygens (including phenoxy) is 1. The number of para-hydroxylation sites is 1. The predicted molar refractivity (Wildman–Crippen MR) is 60.9 cm³/mol. The van der Waals surface area contributed by atoms with Gasteiger partial charge < -0.3 is 10.5 Å². The van der Waals surface area contributed by atoms with Crippen molar-refractivity contribution >= 4 is 17.3 Å². The monoisotopic (exact) mass is 213 g/mol. The molecule has 0 saturated heterocycles. The van der Waals surface area contributed by atoms with Gasteiger partial charge in [-0.05, 0) is 32.4 Å². The molecule has 14 heavy (non-hydrogen) atoms. The first kappa shape index (κ1) is 11.2. The molecular formula is C11H16ClNO. The van der Waals surface area contributed by atoms with Crippen molar-refractivity contribution in [3.05, 3.63) is 23.2 Å². The maximum absolute atomic E-state index is 5.88. The van der Waals surface area contributed by atoms with E-state index in [1.165, 1.54) is 0 Å². The van der Waals surface area contributed by atoms with Gasteiger partial charge in [0.15, 0.2) is 0 Å². The van der Waals surface area contributed by atoms with Crippen LogP contribution in [0.15, 0.2) is 18.2 Å². The van der Waals surface area contributed by atoms with E-state index in [4.69, 9.17) is 22.1 Å². The molecule has 1 rings (SSSR count). The zero-order valence-corrected chi connectivity index (χ0v) is 9.56. The van der Waals surface area contributed by atoms with Crippen LogP contribution in [0.1, 0.15) is 27.2 Å². The molecule has 0 aliphatic carbocycles. The summed E-state index contributed by atoms with van der Waals surface area (Å²) in [6, 6.07) is 5.42. The Labute approximate surface area is 90.0 Å². The first-order valence-electron chi connectivity index (χ1n) is 4.69. The molecule has 0 atom stereocenters. The maximum atomic E-state index is 5.88. The summed E-state index contributed by atoms with van der Waals surface area (Å²) < 4.78 is 5.75. The minimum atomic E-state index is -0.210. The van der Waals surface area contributed by atoms with Crippen molar-refractivity contribution in [3.8, 4) is 5.75 Å². The smallest absolute Gasteiger partial charge is 0.144 e. The molecule has 0 saturated carbocycles. The van der Waals surface area contributed by atoms with Crippen LogP contribution in [-0.2, 0) is 0 Å². The van der Waals surface area contributed by atoms with E-state index in [0.29, 0.717) is 16.5 Å². The Morgan fingerprint density at radius 1 is 1.43 bits per heavy atom. The number of hydrogen-bond acceptors (Lipinski definition) is 2. The van der Waals surface area contributed by atoms with Crippen molar-refractivity contribution in [2.24, 2.45) is 0 Å². The summed E-state index contributed by atoms with van der Waals surface area (Å²) in [6.45, 7) is 6.11. The first-order valence-corrected chi connectivity index (χ1v) is 5.07. The van der Waals surface area contributed by atoms with Crippen LogP contribution in [0, 0.1) is 0 Å². The van der Waals surface area contributed by atoms with Crippen molar-refractivity contribution in [1.29, 1.82) is 0 Å². The van der Waals surface area contributed by atoms with E-state index in [9.17, 15) is 0 Å². The van der Waals surface area contributed by atoms with Crippen LogP contribution in [0.2, 0.25) is 5.02 Å². The highest BCUT2D eigenvalue weighted by molar-refractivity contribution is 6.33. The highest BCUT2D eigenvalue weighted by atomic mass is 35.5. The Morgan fingerprint density at radius 2 is 2.07 bits per heavy atom. The molecule has 0 fully saturated rings. The van der Waals surface area contributed by atoms with Gasteiger partial charge in [0.2, 0.25) is 0 Å². The van der Waals surface area contributed by atoms with Gasteiger partial charge in [-0.25, -0.2) is 0 Å². The molecule has 0 radical (unpaired) electrons. The second-order valence-electron chi connectivity index (χ2n) is 3.87. The van der Waals surface area contributed by atoms with Gasteiger partial charge in [-0.2, -0.15) is 0 Å². The largest absolute Gasteiger partial charge is 0.486 e. The van der Waals surface area contributed by atoms with Gasteiger partial charge in [0, 0.05) is 0 Å². The quantitative estimate of drug-likeness (QED) is 0.781.